The normalized spacial score (nSPS) is 11.7. The molecule has 1 aromatic rings. The summed E-state index contributed by atoms with van der Waals surface area (Å²) in [6.45, 7) is 0.606. The Kier molecular flexibility index (Phi) is 9.58. The predicted molar refractivity (Wildman–Crippen MR) is 91.7 cm³/mol. The van der Waals surface area contributed by atoms with E-state index in [1.165, 1.54) is 24.3 Å². The zero-order valence-electron chi connectivity index (χ0n) is 11.3. The lowest BCUT2D eigenvalue weighted by atomic mass is 10.3. The van der Waals surface area contributed by atoms with E-state index in [0.29, 0.717) is 12.2 Å². The smallest absolute Gasteiger partial charge is 0.406 e. The standard InChI is InChI=1S/C12H16F3N3OS.HI/c1-20-8-2-7-17-11(16)18-9-3-5-10(6-4-9)19-12(13,14)15;/h3-6H,2,7-8H2,1H3,(H3,16,17,18);1H. The van der Waals surface area contributed by atoms with Crippen molar-refractivity contribution in [1.29, 1.82) is 0 Å². The number of alkyl halides is 3. The van der Waals surface area contributed by atoms with Gasteiger partial charge in [0.05, 0.1) is 0 Å². The Labute approximate surface area is 142 Å². The molecule has 1 rings (SSSR count). The maximum Gasteiger partial charge on any atom is 0.573 e. The van der Waals surface area contributed by atoms with Gasteiger partial charge in [0.2, 0.25) is 0 Å². The molecular formula is C12H17F3IN3OS. The molecule has 0 fully saturated rings. The highest BCUT2D eigenvalue weighted by molar-refractivity contribution is 14.0. The second-order valence-electron chi connectivity index (χ2n) is 3.81. The van der Waals surface area contributed by atoms with E-state index in [0.717, 1.165) is 12.2 Å². The van der Waals surface area contributed by atoms with Crippen LogP contribution in [0.5, 0.6) is 5.75 Å². The van der Waals surface area contributed by atoms with Crippen molar-refractivity contribution in [2.75, 3.05) is 23.9 Å². The summed E-state index contributed by atoms with van der Waals surface area (Å²) in [6.07, 6.45) is -1.76. The van der Waals surface area contributed by atoms with Crippen molar-refractivity contribution in [3.8, 4) is 5.75 Å². The van der Waals surface area contributed by atoms with Gasteiger partial charge in [-0.15, -0.1) is 37.1 Å². The summed E-state index contributed by atoms with van der Waals surface area (Å²) >= 11 is 1.73. The molecule has 1 aromatic carbocycles. The molecule has 0 aliphatic carbocycles. The van der Waals surface area contributed by atoms with Gasteiger partial charge in [0.15, 0.2) is 5.96 Å². The fourth-order valence-corrected chi connectivity index (χ4v) is 1.75. The Hall–Kier alpha value is -0.840. The minimum atomic E-state index is -4.69. The first-order valence-corrected chi connectivity index (χ1v) is 7.22. The van der Waals surface area contributed by atoms with Crippen LogP contribution in [-0.4, -0.2) is 30.9 Å². The van der Waals surface area contributed by atoms with Gasteiger partial charge in [-0.3, -0.25) is 4.99 Å². The molecule has 0 aliphatic heterocycles. The molecule has 21 heavy (non-hydrogen) atoms. The molecule has 3 N–H and O–H groups in total. The highest BCUT2D eigenvalue weighted by atomic mass is 127. The quantitative estimate of drug-likeness (QED) is 0.310. The number of nitrogens with zero attached hydrogens (tertiary/aromatic N) is 1. The predicted octanol–water partition coefficient (Wildman–Crippen LogP) is 3.68. The second-order valence-corrected chi connectivity index (χ2v) is 4.80. The van der Waals surface area contributed by atoms with Gasteiger partial charge in [-0.25, -0.2) is 0 Å². The maximum atomic E-state index is 12.0. The molecule has 0 heterocycles. The molecular weight excluding hydrogens is 418 g/mol. The first-order chi connectivity index (χ1) is 9.40. The van der Waals surface area contributed by atoms with Crippen molar-refractivity contribution in [2.45, 2.75) is 12.8 Å². The zero-order chi connectivity index (χ0) is 15.0. The lowest BCUT2D eigenvalue weighted by Gasteiger charge is -2.10. The fourth-order valence-electron chi connectivity index (χ4n) is 1.34. The molecule has 0 aliphatic rings. The molecule has 0 atom stereocenters. The van der Waals surface area contributed by atoms with Crippen molar-refractivity contribution < 1.29 is 17.9 Å². The molecule has 0 amide bonds. The van der Waals surface area contributed by atoms with Crippen molar-refractivity contribution in [3.63, 3.8) is 0 Å². The Balaban J connectivity index is 0.00000400. The molecule has 0 saturated carbocycles. The molecule has 0 radical (unpaired) electrons. The van der Waals surface area contributed by atoms with E-state index < -0.39 is 6.36 Å². The number of guanidine groups is 1. The summed E-state index contributed by atoms with van der Waals surface area (Å²) in [4.78, 5) is 4.10. The van der Waals surface area contributed by atoms with Gasteiger partial charge in [0.25, 0.3) is 0 Å². The molecule has 0 spiro atoms. The number of benzene rings is 1. The summed E-state index contributed by atoms with van der Waals surface area (Å²) in [5.41, 5.74) is 6.20. The van der Waals surface area contributed by atoms with Gasteiger partial charge in [-0.2, -0.15) is 11.8 Å². The Bertz CT molecular complexity index is 440. The molecule has 0 aromatic heterocycles. The van der Waals surface area contributed by atoms with Crippen LogP contribution in [0.15, 0.2) is 29.3 Å². The topological polar surface area (TPSA) is 59.6 Å². The zero-order valence-corrected chi connectivity index (χ0v) is 14.5. The van der Waals surface area contributed by atoms with Gasteiger partial charge in [-0.1, -0.05) is 0 Å². The number of hydrogen-bond acceptors (Lipinski definition) is 3. The third-order valence-electron chi connectivity index (χ3n) is 2.15. The van der Waals surface area contributed by atoms with Crippen LogP contribution < -0.4 is 15.8 Å². The Morgan fingerprint density at radius 3 is 2.48 bits per heavy atom. The summed E-state index contributed by atoms with van der Waals surface area (Å²) in [7, 11) is 0. The maximum absolute atomic E-state index is 12.0. The van der Waals surface area contributed by atoms with Crippen molar-refractivity contribution in [1.82, 2.24) is 0 Å². The Morgan fingerprint density at radius 1 is 1.33 bits per heavy atom. The average Bonchev–Trinajstić information content (AvgIpc) is 2.35. The number of thioether (sulfide) groups is 1. The minimum absolute atomic E-state index is 0. The monoisotopic (exact) mass is 435 g/mol. The summed E-state index contributed by atoms with van der Waals surface area (Å²) in [5, 5.41) is 2.79. The number of aliphatic imine (C=N–C) groups is 1. The van der Waals surface area contributed by atoms with Crippen LogP contribution in [0.25, 0.3) is 0 Å². The van der Waals surface area contributed by atoms with Crippen molar-refractivity contribution in [3.05, 3.63) is 24.3 Å². The summed E-state index contributed by atoms with van der Waals surface area (Å²) in [6, 6.07) is 5.28. The van der Waals surface area contributed by atoms with Crippen molar-refractivity contribution >= 4 is 47.4 Å². The lowest BCUT2D eigenvalue weighted by molar-refractivity contribution is -0.274. The second kappa shape index (κ2) is 9.98. The molecule has 0 unspecified atom stereocenters. The van der Waals surface area contributed by atoms with Gasteiger partial charge < -0.3 is 15.8 Å². The van der Waals surface area contributed by atoms with E-state index in [1.807, 2.05) is 6.26 Å². The number of rotatable bonds is 6. The number of halogens is 4. The van der Waals surface area contributed by atoms with Crippen LogP contribution in [-0.2, 0) is 0 Å². The van der Waals surface area contributed by atoms with Crippen LogP contribution in [0.3, 0.4) is 0 Å². The number of anilines is 1. The van der Waals surface area contributed by atoms with Gasteiger partial charge in [-0.05, 0) is 42.7 Å². The fraction of sp³-hybridized carbons (Fsp3) is 0.417. The van der Waals surface area contributed by atoms with Crippen molar-refractivity contribution in [2.24, 2.45) is 10.7 Å². The number of hydrogen-bond donors (Lipinski definition) is 2. The summed E-state index contributed by atoms with van der Waals surface area (Å²) < 4.78 is 39.7. The highest BCUT2D eigenvalue weighted by Gasteiger charge is 2.30. The first kappa shape index (κ1) is 20.2. The molecule has 9 heteroatoms. The SMILES string of the molecule is CSCCCN=C(N)Nc1ccc(OC(F)(F)F)cc1.I. The van der Waals surface area contributed by atoms with Gasteiger partial charge in [0.1, 0.15) is 5.75 Å². The van der Waals surface area contributed by atoms with Crippen LogP contribution >= 0.6 is 35.7 Å². The minimum Gasteiger partial charge on any atom is -0.406 e. The van der Waals surface area contributed by atoms with E-state index in [2.05, 4.69) is 15.0 Å². The van der Waals surface area contributed by atoms with E-state index in [1.54, 1.807) is 11.8 Å². The number of nitrogens with two attached hydrogens (primary N) is 1. The molecule has 0 bridgehead atoms. The van der Waals surface area contributed by atoms with Gasteiger partial charge >= 0.3 is 6.36 Å². The van der Waals surface area contributed by atoms with Crippen LogP contribution in [0.4, 0.5) is 18.9 Å². The third-order valence-corrected chi connectivity index (χ3v) is 2.85. The third kappa shape index (κ3) is 9.67. The highest BCUT2D eigenvalue weighted by Crippen LogP contribution is 2.23. The largest absolute Gasteiger partial charge is 0.573 e. The van der Waals surface area contributed by atoms with Crippen LogP contribution in [0, 0.1) is 0 Å². The summed E-state index contributed by atoms with van der Waals surface area (Å²) in [5.74, 6) is 0.953. The number of nitrogens with one attached hydrogen (secondary N) is 1. The molecule has 0 saturated heterocycles. The first-order valence-electron chi connectivity index (χ1n) is 5.82. The van der Waals surface area contributed by atoms with E-state index in [9.17, 15) is 13.2 Å². The van der Waals surface area contributed by atoms with Crippen LogP contribution in [0.1, 0.15) is 6.42 Å². The molecule has 4 nitrogen and oxygen atoms in total. The number of ether oxygens (including phenoxy) is 1. The molecule has 120 valence electrons. The van der Waals surface area contributed by atoms with E-state index in [4.69, 9.17) is 5.73 Å². The van der Waals surface area contributed by atoms with Gasteiger partial charge in [0, 0.05) is 12.2 Å². The average molecular weight is 435 g/mol. The Morgan fingerprint density at radius 2 is 1.95 bits per heavy atom. The van der Waals surface area contributed by atoms with E-state index in [-0.39, 0.29) is 35.7 Å². The van der Waals surface area contributed by atoms with E-state index >= 15 is 0 Å². The van der Waals surface area contributed by atoms with Crippen LogP contribution in [0.2, 0.25) is 0 Å². The lowest BCUT2D eigenvalue weighted by Crippen LogP contribution is -2.23.